The summed E-state index contributed by atoms with van der Waals surface area (Å²) in [7, 11) is 0. The number of hydrogen-bond donors (Lipinski definition) is 2. The van der Waals surface area contributed by atoms with Gasteiger partial charge >= 0.3 is 0 Å². The van der Waals surface area contributed by atoms with Gasteiger partial charge < -0.3 is 10.8 Å². The average Bonchev–Trinajstić information content (AvgIpc) is 1.21. The first-order valence-electron chi connectivity index (χ1n) is 2.57. The van der Waals surface area contributed by atoms with E-state index in [9.17, 15) is 0 Å². The lowest BCUT2D eigenvalue weighted by Crippen LogP contribution is -2.35. The third-order valence-electron chi connectivity index (χ3n) is 0.660. The molecule has 0 bridgehead atoms. The zero-order valence-corrected chi connectivity index (χ0v) is 5.44. The molecule has 0 heterocycles. The highest BCUT2D eigenvalue weighted by atomic mass is 16.3. The van der Waals surface area contributed by atoms with Crippen LogP contribution in [0.15, 0.2) is 12.2 Å². The van der Waals surface area contributed by atoms with Crippen LogP contribution in [0.3, 0.4) is 0 Å². The molecule has 0 fully saturated rings. The summed E-state index contributed by atoms with van der Waals surface area (Å²) in [6.07, 6.45) is 0.465. The van der Waals surface area contributed by atoms with Crippen molar-refractivity contribution in [2.24, 2.45) is 5.73 Å². The topological polar surface area (TPSA) is 46.2 Å². The molecule has 2 heteroatoms. The molecule has 2 nitrogen and oxygen atoms in total. The van der Waals surface area contributed by atoms with Crippen molar-refractivity contribution in [1.82, 2.24) is 0 Å². The van der Waals surface area contributed by atoms with Crippen molar-refractivity contribution < 1.29 is 5.11 Å². The van der Waals surface area contributed by atoms with E-state index in [0.29, 0.717) is 6.42 Å². The molecule has 0 saturated heterocycles. The summed E-state index contributed by atoms with van der Waals surface area (Å²) >= 11 is 0. The minimum absolute atomic E-state index is 0.465. The van der Waals surface area contributed by atoms with Gasteiger partial charge in [0.25, 0.3) is 0 Å². The number of rotatable bonds is 2. The van der Waals surface area contributed by atoms with E-state index >= 15 is 0 Å². The van der Waals surface area contributed by atoms with E-state index < -0.39 is 5.72 Å². The van der Waals surface area contributed by atoms with Gasteiger partial charge in [-0.05, 0) is 13.8 Å². The van der Waals surface area contributed by atoms with E-state index in [0.717, 1.165) is 5.57 Å². The number of nitrogens with two attached hydrogens (primary N) is 1. The van der Waals surface area contributed by atoms with E-state index in [1.54, 1.807) is 6.92 Å². The van der Waals surface area contributed by atoms with Gasteiger partial charge in [0.1, 0.15) is 5.72 Å². The van der Waals surface area contributed by atoms with Gasteiger partial charge in [0, 0.05) is 6.42 Å². The standard InChI is InChI=1S/C6H13NO/c1-5(2)4-6(3,7)8/h8H,1,4,7H2,2-3H3. The highest BCUT2D eigenvalue weighted by Crippen LogP contribution is 2.06. The SMILES string of the molecule is C=C(C)CC(C)(N)O. The zero-order valence-electron chi connectivity index (χ0n) is 5.44. The molecular weight excluding hydrogens is 102 g/mol. The van der Waals surface area contributed by atoms with E-state index in [-0.39, 0.29) is 0 Å². The van der Waals surface area contributed by atoms with Gasteiger partial charge in [-0.1, -0.05) is 12.2 Å². The highest BCUT2D eigenvalue weighted by molar-refractivity contribution is 4.93. The Morgan fingerprint density at radius 1 is 1.88 bits per heavy atom. The molecule has 1 unspecified atom stereocenters. The molecule has 0 aromatic rings. The summed E-state index contributed by atoms with van der Waals surface area (Å²) in [5, 5.41) is 8.91. The van der Waals surface area contributed by atoms with Crippen molar-refractivity contribution in [3.8, 4) is 0 Å². The van der Waals surface area contributed by atoms with Crippen molar-refractivity contribution >= 4 is 0 Å². The number of hydrogen-bond acceptors (Lipinski definition) is 2. The monoisotopic (exact) mass is 115 g/mol. The Kier molecular flexibility index (Phi) is 2.19. The maximum Gasteiger partial charge on any atom is 0.114 e. The van der Waals surface area contributed by atoms with Crippen LogP contribution >= 0.6 is 0 Å². The molecule has 0 aliphatic carbocycles. The summed E-state index contributed by atoms with van der Waals surface area (Å²) in [6.45, 7) is 6.99. The normalized spacial score (nSPS) is 17.5. The Labute approximate surface area is 50.0 Å². The summed E-state index contributed by atoms with van der Waals surface area (Å²) in [4.78, 5) is 0. The first kappa shape index (κ1) is 7.66. The molecule has 3 N–H and O–H groups in total. The van der Waals surface area contributed by atoms with Crippen molar-refractivity contribution in [3.63, 3.8) is 0 Å². The molecular formula is C6H13NO. The molecule has 0 aromatic heterocycles. The molecule has 0 radical (unpaired) electrons. The van der Waals surface area contributed by atoms with Crippen LogP contribution in [-0.4, -0.2) is 10.8 Å². The lowest BCUT2D eigenvalue weighted by atomic mass is 10.1. The second kappa shape index (κ2) is 2.29. The van der Waals surface area contributed by atoms with Crippen LogP contribution in [-0.2, 0) is 0 Å². The van der Waals surface area contributed by atoms with Crippen molar-refractivity contribution in [2.75, 3.05) is 0 Å². The van der Waals surface area contributed by atoms with Gasteiger partial charge in [-0.15, -0.1) is 0 Å². The van der Waals surface area contributed by atoms with Gasteiger partial charge in [-0.2, -0.15) is 0 Å². The Hall–Kier alpha value is -0.340. The predicted octanol–water partition coefficient (Wildman–Crippen LogP) is 0.620. The third-order valence-corrected chi connectivity index (χ3v) is 0.660. The highest BCUT2D eigenvalue weighted by Gasteiger charge is 2.11. The molecule has 8 heavy (non-hydrogen) atoms. The quantitative estimate of drug-likeness (QED) is 0.409. The predicted molar refractivity (Wildman–Crippen MR) is 34.2 cm³/mol. The summed E-state index contributed by atoms with van der Waals surface area (Å²) in [5.41, 5.74) is 5.05. The first-order valence-corrected chi connectivity index (χ1v) is 2.57. The smallest absolute Gasteiger partial charge is 0.114 e. The van der Waals surface area contributed by atoms with Crippen LogP contribution in [0.5, 0.6) is 0 Å². The second-order valence-corrected chi connectivity index (χ2v) is 2.49. The van der Waals surface area contributed by atoms with Crippen LogP contribution in [0.2, 0.25) is 0 Å². The minimum atomic E-state index is -1.08. The van der Waals surface area contributed by atoms with Crippen LogP contribution < -0.4 is 5.73 Å². The van der Waals surface area contributed by atoms with Crippen molar-refractivity contribution in [1.29, 1.82) is 0 Å². The fourth-order valence-electron chi connectivity index (χ4n) is 0.611. The van der Waals surface area contributed by atoms with Crippen LogP contribution in [0.1, 0.15) is 20.3 Å². The van der Waals surface area contributed by atoms with Gasteiger partial charge in [0.05, 0.1) is 0 Å². The molecule has 1 atom stereocenters. The van der Waals surface area contributed by atoms with Crippen LogP contribution in [0, 0.1) is 0 Å². The molecule has 0 amide bonds. The summed E-state index contributed by atoms with van der Waals surface area (Å²) in [5.74, 6) is 0. The van der Waals surface area contributed by atoms with E-state index in [1.165, 1.54) is 0 Å². The van der Waals surface area contributed by atoms with E-state index in [4.69, 9.17) is 10.8 Å². The zero-order chi connectivity index (χ0) is 6.78. The summed E-state index contributed by atoms with van der Waals surface area (Å²) in [6, 6.07) is 0. The van der Waals surface area contributed by atoms with Crippen molar-refractivity contribution in [3.05, 3.63) is 12.2 Å². The van der Waals surface area contributed by atoms with Crippen LogP contribution in [0.25, 0.3) is 0 Å². The fourth-order valence-corrected chi connectivity index (χ4v) is 0.611. The van der Waals surface area contributed by atoms with E-state index in [1.807, 2.05) is 6.92 Å². The maximum absolute atomic E-state index is 8.91. The fraction of sp³-hybridized carbons (Fsp3) is 0.667. The summed E-state index contributed by atoms with van der Waals surface area (Å²) < 4.78 is 0. The first-order chi connectivity index (χ1) is 3.42. The Morgan fingerprint density at radius 3 is 2.25 bits per heavy atom. The average molecular weight is 115 g/mol. The Morgan fingerprint density at radius 2 is 2.25 bits per heavy atom. The Bertz CT molecular complexity index is 91.2. The van der Waals surface area contributed by atoms with Crippen molar-refractivity contribution in [2.45, 2.75) is 26.0 Å². The molecule has 0 aromatic carbocycles. The molecule has 48 valence electrons. The van der Waals surface area contributed by atoms with Gasteiger partial charge in [0.15, 0.2) is 0 Å². The number of aliphatic hydroxyl groups is 1. The lowest BCUT2D eigenvalue weighted by Gasteiger charge is -2.15. The van der Waals surface area contributed by atoms with Gasteiger partial charge in [-0.25, -0.2) is 0 Å². The van der Waals surface area contributed by atoms with E-state index in [2.05, 4.69) is 6.58 Å². The second-order valence-electron chi connectivity index (χ2n) is 2.49. The van der Waals surface area contributed by atoms with Crippen LogP contribution in [0.4, 0.5) is 0 Å². The molecule has 0 rings (SSSR count). The third kappa shape index (κ3) is 5.66. The molecule has 0 aliphatic heterocycles. The largest absolute Gasteiger partial charge is 0.376 e. The molecule has 0 spiro atoms. The minimum Gasteiger partial charge on any atom is -0.376 e. The Balaban J connectivity index is 3.55. The lowest BCUT2D eigenvalue weighted by molar-refractivity contribution is 0.0678. The molecule has 0 saturated carbocycles. The van der Waals surface area contributed by atoms with Gasteiger partial charge in [0.2, 0.25) is 0 Å². The van der Waals surface area contributed by atoms with Gasteiger partial charge in [-0.3, -0.25) is 0 Å². The molecule has 0 aliphatic rings. The maximum atomic E-state index is 8.91.